The minimum atomic E-state index is -0.925. The summed E-state index contributed by atoms with van der Waals surface area (Å²) in [6.07, 6.45) is 3.44. The molecule has 1 fully saturated rings. The van der Waals surface area contributed by atoms with Gasteiger partial charge in [0.05, 0.1) is 19.7 Å². The van der Waals surface area contributed by atoms with E-state index in [2.05, 4.69) is 4.98 Å². The molecule has 0 bridgehead atoms. The highest BCUT2D eigenvalue weighted by atomic mass is 19.1. The van der Waals surface area contributed by atoms with E-state index in [4.69, 9.17) is 4.74 Å². The van der Waals surface area contributed by atoms with Gasteiger partial charge in [0.15, 0.2) is 12.4 Å². The van der Waals surface area contributed by atoms with Crippen molar-refractivity contribution in [2.24, 2.45) is 0 Å². The van der Waals surface area contributed by atoms with Crippen LogP contribution in [0.15, 0.2) is 72.6 Å². The van der Waals surface area contributed by atoms with E-state index in [1.165, 1.54) is 36.3 Å². The highest BCUT2D eigenvalue weighted by Crippen LogP contribution is 2.40. The number of H-pyrrole nitrogens is 1. The van der Waals surface area contributed by atoms with Crippen molar-refractivity contribution in [2.75, 3.05) is 7.11 Å². The number of pyridine rings is 1. The first kappa shape index (κ1) is 21.2. The minimum absolute atomic E-state index is 0.113. The number of benzene rings is 2. The number of aromatic amines is 1. The molecule has 2 heterocycles. The van der Waals surface area contributed by atoms with Gasteiger partial charge in [-0.25, -0.2) is 9.37 Å². The first-order chi connectivity index (χ1) is 15.4. The summed E-state index contributed by atoms with van der Waals surface area (Å²) < 4.78 is 18.8. The number of rotatable bonds is 5. The molecule has 1 atom stereocenters. The number of halogens is 1. The number of hydrogen-bond donors (Lipinski definition) is 0. The lowest BCUT2D eigenvalue weighted by atomic mass is 9.94. The molecule has 0 saturated carbocycles. The molecule has 3 aromatic rings. The average Bonchev–Trinajstić information content (AvgIpc) is 3.04. The van der Waals surface area contributed by atoms with Crippen molar-refractivity contribution in [3.8, 4) is 5.75 Å². The van der Waals surface area contributed by atoms with E-state index in [9.17, 15) is 19.1 Å². The Morgan fingerprint density at radius 2 is 1.91 bits per heavy atom. The Labute approximate surface area is 184 Å². The van der Waals surface area contributed by atoms with Gasteiger partial charge in [-0.1, -0.05) is 24.0 Å². The van der Waals surface area contributed by atoms with Gasteiger partial charge >= 0.3 is 0 Å². The summed E-state index contributed by atoms with van der Waals surface area (Å²) in [6.45, 7) is 1.90. The average molecular weight is 432 g/mol. The molecule has 1 amide bonds. The van der Waals surface area contributed by atoms with Gasteiger partial charge in [-0.15, -0.1) is 0 Å². The number of ether oxygens (including phenoxy) is 1. The van der Waals surface area contributed by atoms with E-state index in [-0.39, 0.29) is 17.7 Å². The van der Waals surface area contributed by atoms with E-state index in [0.29, 0.717) is 11.3 Å². The third-order valence-electron chi connectivity index (χ3n) is 5.50. The van der Waals surface area contributed by atoms with Crippen LogP contribution in [0.5, 0.6) is 5.75 Å². The number of likely N-dealkylation sites (tertiary alicyclic amines) is 1. The number of nitrogens with one attached hydrogen (secondary N) is 1. The number of methoxy groups -OCH3 is 1. The number of carbonyl (C=O) groups is 2. The Bertz CT molecular complexity index is 1210. The van der Waals surface area contributed by atoms with Gasteiger partial charge in [0.2, 0.25) is 5.78 Å². The third kappa shape index (κ3) is 3.85. The van der Waals surface area contributed by atoms with Crippen molar-refractivity contribution in [3.63, 3.8) is 0 Å². The molecule has 32 heavy (non-hydrogen) atoms. The molecule has 1 N–H and O–H groups in total. The van der Waals surface area contributed by atoms with Crippen molar-refractivity contribution >= 4 is 17.4 Å². The quantitative estimate of drug-likeness (QED) is 0.352. The monoisotopic (exact) mass is 432 g/mol. The zero-order valence-electron chi connectivity index (χ0n) is 17.6. The van der Waals surface area contributed by atoms with E-state index in [1.54, 1.807) is 43.6 Å². The van der Waals surface area contributed by atoms with E-state index in [1.807, 2.05) is 6.07 Å². The van der Waals surface area contributed by atoms with Crippen LogP contribution >= 0.6 is 0 Å². The van der Waals surface area contributed by atoms with Gasteiger partial charge < -0.3 is 14.7 Å². The molecule has 4 rings (SSSR count). The fourth-order valence-electron chi connectivity index (χ4n) is 3.93. The third-order valence-corrected chi connectivity index (χ3v) is 5.50. The molecule has 7 heteroatoms. The number of ketones is 1. The van der Waals surface area contributed by atoms with Crippen molar-refractivity contribution < 1.29 is 28.8 Å². The summed E-state index contributed by atoms with van der Waals surface area (Å²) in [4.78, 5) is 30.3. The number of carbonyl (C=O) groups excluding carboxylic acids is 2. The SMILES string of the molecule is COc1ccc(C([O-])=C2C(=O)C(=O)N(Cc3ccc[nH+]c3)C2c2ccc(F)cc2)cc1C. The smallest absolute Gasteiger partial charge is 0.295 e. The zero-order chi connectivity index (χ0) is 22.8. The Morgan fingerprint density at radius 3 is 2.53 bits per heavy atom. The van der Waals surface area contributed by atoms with Crippen molar-refractivity contribution in [3.05, 3.63) is 101 Å². The molecule has 0 spiro atoms. The second kappa shape index (κ2) is 8.63. The summed E-state index contributed by atoms with van der Waals surface area (Å²) in [5.74, 6) is -2.00. The van der Waals surface area contributed by atoms with Gasteiger partial charge in [0.1, 0.15) is 11.6 Å². The predicted molar refractivity (Wildman–Crippen MR) is 112 cm³/mol. The number of Topliss-reactive ketones (excluding diaryl/α,β-unsaturated/α-hetero) is 1. The normalized spacial score (nSPS) is 17.6. The van der Waals surface area contributed by atoms with Crippen molar-refractivity contribution in [1.82, 2.24) is 4.90 Å². The Hall–Kier alpha value is -4.00. The molecule has 6 nitrogen and oxygen atoms in total. The van der Waals surface area contributed by atoms with Crippen LogP contribution in [0.1, 0.15) is 28.3 Å². The number of nitrogens with zero attached hydrogens (tertiary/aromatic N) is 1. The highest BCUT2D eigenvalue weighted by Gasteiger charge is 2.44. The van der Waals surface area contributed by atoms with Gasteiger partial charge in [-0.3, -0.25) is 9.59 Å². The summed E-state index contributed by atoms with van der Waals surface area (Å²) in [7, 11) is 1.53. The minimum Gasteiger partial charge on any atom is -0.872 e. The molecule has 1 unspecified atom stereocenters. The van der Waals surface area contributed by atoms with Crippen LogP contribution in [-0.2, 0) is 16.1 Å². The molecule has 1 aliphatic rings. The molecule has 162 valence electrons. The lowest BCUT2D eigenvalue weighted by molar-refractivity contribution is -0.378. The number of aryl methyl sites for hydroxylation is 1. The number of amides is 1. The van der Waals surface area contributed by atoms with Gasteiger partial charge in [-0.2, -0.15) is 0 Å². The van der Waals surface area contributed by atoms with Crippen LogP contribution in [-0.4, -0.2) is 23.7 Å². The summed E-state index contributed by atoms with van der Waals surface area (Å²) >= 11 is 0. The lowest BCUT2D eigenvalue weighted by Crippen LogP contribution is -2.29. The first-order valence-electron chi connectivity index (χ1n) is 10.0. The predicted octanol–water partition coefficient (Wildman–Crippen LogP) is 2.38. The lowest BCUT2D eigenvalue weighted by Gasteiger charge is -2.27. The maximum atomic E-state index is 13.6. The molecular formula is C25H21FN2O4. The second-order valence-electron chi connectivity index (χ2n) is 7.56. The second-order valence-corrected chi connectivity index (χ2v) is 7.56. The standard InChI is InChI=1S/C25H21FN2O4/c1-15-12-18(7-10-20(15)32-2)23(29)21-22(17-5-8-19(26)9-6-17)28(25(31)24(21)30)14-16-4-3-11-27-13-16/h3-13,22,29H,14H2,1-2H3. The van der Waals surface area contributed by atoms with Crippen molar-refractivity contribution in [2.45, 2.75) is 19.5 Å². The maximum absolute atomic E-state index is 13.6. The summed E-state index contributed by atoms with van der Waals surface area (Å²) in [5, 5.41) is 13.4. The van der Waals surface area contributed by atoms with Gasteiger partial charge in [0.25, 0.3) is 5.91 Å². The molecule has 1 aromatic heterocycles. The van der Waals surface area contributed by atoms with Crippen LogP contribution in [0.3, 0.4) is 0 Å². The first-order valence-corrected chi connectivity index (χ1v) is 10.0. The zero-order valence-corrected chi connectivity index (χ0v) is 17.6. The van der Waals surface area contributed by atoms with Crippen LogP contribution in [0.25, 0.3) is 5.76 Å². The molecule has 1 saturated heterocycles. The topological polar surface area (TPSA) is 83.8 Å². The van der Waals surface area contributed by atoms with E-state index >= 15 is 0 Å². The Balaban J connectivity index is 1.86. The molecule has 0 aliphatic carbocycles. The van der Waals surface area contributed by atoms with Crippen LogP contribution in [0.2, 0.25) is 0 Å². The molecule has 1 aliphatic heterocycles. The Kier molecular flexibility index (Phi) is 5.73. The molecule has 0 radical (unpaired) electrons. The van der Waals surface area contributed by atoms with E-state index < -0.39 is 29.3 Å². The van der Waals surface area contributed by atoms with Crippen LogP contribution in [0, 0.1) is 12.7 Å². The number of aromatic nitrogens is 1. The summed E-state index contributed by atoms with van der Waals surface area (Å²) in [6, 6.07) is 13.0. The fourth-order valence-corrected chi connectivity index (χ4v) is 3.93. The van der Waals surface area contributed by atoms with Gasteiger partial charge in [-0.05, 0) is 53.9 Å². The van der Waals surface area contributed by atoms with Crippen LogP contribution < -0.4 is 14.8 Å². The molecule has 2 aromatic carbocycles. The summed E-state index contributed by atoms with van der Waals surface area (Å²) in [5.41, 5.74) is 2.10. The molecular weight excluding hydrogens is 411 g/mol. The van der Waals surface area contributed by atoms with Crippen molar-refractivity contribution in [1.29, 1.82) is 0 Å². The Morgan fingerprint density at radius 1 is 1.16 bits per heavy atom. The fraction of sp³-hybridized carbons (Fsp3) is 0.160. The largest absolute Gasteiger partial charge is 0.872 e. The van der Waals surface area contributed by atoms with Gasteiger partial charge in [0, 0.05) is 17.2 Å². The van der Waals surface area contributed by atoms with Crippen LogP contribution in [0.4, 0.5) is 4.39 Å². The highest BCUT2D eigenvalue weighted by molar-refractivity contribution is 6.46. The number of hydrogen-bond acceptors (Lipinski definition) is 4. The van der Waals surface area contributed by atoms with E-state index in [0.717, 1.165) is 11.1 Å². The maximum Gasteiger partial charge on any atom is 0.295 e.